The Kier molecular flexibility index (Phi) is 5.12. The Labute approximate surface area is 91.1 Å². The second kappa shape index (κ2) is 6.40. The van der Waals surface area contributed by atoms with Gasteiger partial charge in [0.15, 0.2) is 0 Å². The maximum absolute atomic E-state index is 10.9. The summed E-state index contributed by atoms with van der Waals surface area (Å²) in [5.74, 6) is 1.21. The summed E-state index contributed by atoms with van der Waals surface area (Å²) in [5, 5.41) is 0. The van der Waals surface area contributed by atoms with Crippen molar-refractivity contribution >= 4 is 5.78 Å². The van der Waals surface area contributed by atoms with E-state index in [2.05, 4.69) is 11.8 Å². The summed E-state index contributed by atoms with van der Waals surface area (Å²) in [5.41, 5.74) is 0. The molecule has 3 heteroatoms. The number of rotatable bonds is 7. The number of hydrogen-bond donors (Lipinski definition) is 0. The predicted octanol–water partition coefficient (Wildman–Crippen LogP) is 2.47. The van der Waals surface area contributed by atoms with Crippen molar-refractivity contribution in [3.63, 3.8) is 0 Å². The van der Waals surface area contributed by atoms with Gasteiger partial charge < -0.3 is 4.42 Å². The molecule has 0 aliphatic rings. The Balaban J connectivity index is 2.39. The van der Waals surface area contributed by atoms with Gasteiger partial charge in [-0.15, -0.1) is 0 Å². The number of carbonyl (C=O) groups is 1. The zero-order valence-corrected chi connectivity index (χ0v) is 9.53. The van der Waals surface area contributed by atoms with Crippen molar-refractivity contribution in [2.45, 2.75) is 33.2 Å². The van der Waals surface area contributed by atoms with Crippen LogP contribution in [0.25, 0.3) is 0 Å². The summed E-state index contributed by atoms with van der Waals surface area (Å²) in [4.78, 5) is 13.2. The Morgan fingerprint density at radius 3 is 2.80 bits per heavy atom. The van der Waals surface area contributed by atoms with E-state index < -0.39 is 0 Å². The molecular weight excluding hydrogens is 190 g/mol. The van der Waals surface area contributed by atoms with E-state index in [9.17, 15) is 4.79 Å². The minimum absolute atomic E-state index is 0.246. The molecule has 1 aromatic heterocycles. The van der Waals surface area contributed by atoms with Crippen LogP contribution in [0.15, 0.2) is 22.8 Å². The second-order valence-corrected chi connectivity index (χ2v) is 3.81. The molecule has 0 saturated heterocycles. The van der Waals surface area contributed by atoms with Gasteiger partial charge in [0.1, 0.15) is 11.5 Å². The van der Waals surface area contributed by atoms with Crippen LogP contribution in [0.5, 0.6) is 0 Å². The number of carbonyl (C=O) groups excluding carboxylic acids is 1. The molecule has 0 unspecified atom stereocenters. The third kappa shape index (κ3) is 4.79. The molecule has 0 N–H and O–H groups in total. The van der Waals surface area contributed by atoms with Crippen molar-refractivity contribution in [2.24, 2.45) is 0 Å². The first-order valence-corrected chi connectivity index (χ1v) is 5.46. The predicted molar refractivity (Wildman–Crippen MR) is 59.6 cm³/mol. The summed E-state index contributed by atoms with van der Waals surface area (Å²) in [7, 11) is 0. The monoisotopic (exact) mass is 209 g/mol. The SMILES string of the molecule is CCCN(CCC(C)=O)Cc1ccco1. The summed E-state index contributed by atoms with van der Waals surface area (Å²) >= 11 is 0. The number of furan rings is 1. The van der Waals surface area contributed by atoms with Crippen LogP contribution in [0.2, 0.25) is 0 Å². The lowest BCUT2D eigenvalue weighted by atomic mass is 10.2. The maximum atomic E-state index is 10.9. The van der Waals surface area contributed by atoms with E-state index in [1.54, 1.807) is 13.2 Å². The molecule has 15 heavy (non-hydrogen) atoms. The molecule has 0 spiro atoms. The highest BCUT2D eigenvalue weighted by molar-refractivity contribution is 5.75. The molecule has 0 aliphatic heterocycles. The first-order valence-electron chi connectivity index (χ1n) is 5.46. The Morgan fingerprint density at radius 1 is 1.47 bits per heavy atom. The Bertz CT molecular complexity index is 280. The number of hydrogen-bond acceptors (Lipinski definition) is 3. The summed E-state index contributed by atoms with van der Waals surface area (Å²) < 4.78 is 5.29. The molecule has 1 heterocycles. The summed E-state index contributed by atoms with van der Waals surface area (Å²) in [6.45, 7) is 6.41. The second-order valence-electron chi connectivity index (χ2n) is 3.81. The van der Waals surface area contributed by atoms with Crippen LogP contribution in [0, 0.1) is 0 Å². The van der Waals surface area contributed by atoms with Crippen LogP contribution >= 0.6 is 0 Å². The van der Waals surface area contributed by atoms with E-state index in [1.165, 1.54) is 0 Å². The van der Waals surface area contributed by atoms with Gasteiger partial charge >= 0.3 is 0 Å². The molecule has 84 valence electrons. The fourth-order valence-electron chi connectivity index (χ4n) is 1.52. The van der Waals surface area contributed by atoms with E-state index in [0.29, 0.717) is 6.42 Å². The van der Waals surface area contributed by atoms with Gasteiger partial charge in [0, 0.05) is 13.0 Å². The largest absolute Gasteiger partial charge is 0.468 e. The lowest BCUT2D eigenvalue weighted by Crippen LogP contribution is -2.26. The van der Waals surface area contributed by atoms with Gasteiger partial charge in [-0.05, 0) is 32.0 Å². The number of nitrogens with zero attached hydrogens (tertiary/aromatic N) is 1. The molecule has 1 rings (SSSR count). The molecular formula is C12H19NO2. The smallest absolute Gasteiger partial charge is 0.131 e. The van der Waals surface area contributed by atoms with Crippen molar-refractivity contribution in [3.05, 3.63) is 24.2 Å². The quantitative estimate of drug-likeness (QED) is 0.691. The molecule has 1 aromatic rings. The van der Waals surface area contributed by atoms with Crippen molar-refractivity contribution < 1.29 is 9.21 Å². The number of ketones is 1. The topological polar surface area (TPSA) is 33.5 Å². The zero-order valence-electron chi connectivity index (χ0n) is 9.53. The Hall–Kier alpha value is -1.09. The van der Waals surface area contributed by atoms with E-state index in [1.807, 2.05) is 12.1 Å². The summed E-state index contributed by atoms with van der Waals surface area (Å²) in [6.07, 6.45) is 3.41. The van der Waals surface area contributed by atoms with E-state index in [4.69, 9.17) is 4.42 Å². The maximum Gasteiger partial charge on any atom is 0.131 e. The molecule has 0 radical (unpaired) electrons. The van der Waals surface area contributed by atoms with Gasteiger partial charge in [0.05, 0.1) is 12.8 Å². The van der Waals surface area contributed by atoms with Gasteiger partial charge in [-0.1, -0.05) is 6.92 Å². The van der Waals surface area contributed by atoms with Crippen molar-refractivity contribution in [1.82, 2.24) is 4.90 Å². The van der Waals surface area contributed by atoms with Gasteiger partial charge in [0.2, 0.25) is 0 Å². The molecule has 0 aromatic carbocycles. The molecule has 0 saturated carbocycles. The third-order valence-corrected chi connectivity index (χ3v) is 2.28. The fraction of sp³-hybridized carbons (Fsp3) is 0.583. The lowest BCUT2D eigenvalue weighted by Gasteiger charge is -2.19. The summed E-state index contributed by atoms with van der Waals surface area (Å²) in [6, 6.07) is 3.86. The molecule has 0 amide bonds. The van der Waals surface area contributed by atoms with Crippen LogP contribution in [-0.4, -0.2) is 23.8 Å². The first-order chi connectivity index (χ1) is 7.22. The van der Waals surface area contributed by atoms with E-state index >= 15 is 0 Å². The van der Waals surface area contributed by atoms with E-state index in [-0.39, 0.29) is 5.78 Å². The lowest BCUT2D eigenvalue weighted by molar-refractivity contribution is -0.117. The molecule has 0 aliphatic carbocycles. The fourth-order valence-corrected chi connectivity index (χ4v) is 1.52. The van der Waals surface area contributed by atoms with Gasteiger partial charge in [0.25, 0.3) is 0 Å². The molecule has 3 nitrogen and oxygen atoms in total. The van der Waals surface area contributed by atoms with Crippen molar-refractivity contribution in [2.75, 3.05) is 13.1 Å². The molecule has 0 fully saturated rings. The highest BCUT2D eigenvalue weighted by Crippen LogP contribution is 2.06. The minimum Gasteiger partial charge on any atom is -0.468 e. The van der Waals surface area contributed by atoms with E-state index in [0.717, 1.165) is 31.8 Å². The molecule has 0 bridgehead atoms. The van der Waals surface area contributed by atoms with Gasteiger partial charge in [-0.25, -0.2) is 0 Å². The Morgan fingerprint density at radius 2 is 2.27 bits per heavy atom. The highest BCUT2D eigenvalue weighted by Gasteiger charge is 2.07. The van der Waals surface area contributed by atoms with Crippen LogP contribution in [0.1, 0.15) is 32.4 Å². The third-order valence-electron chi connectivity index (χ3n) is 2.28. The number of Topliss-reactive ketones (excluding diaryl/α,β-unsaturated/α-hetero) is 1. The first kappa shape index (κ1) is 12.0. The van der Waals surface area contributed by atoms with Crippen LogP contribution in [0.3, 0.4) is 0 Å². The van der Waals surface area contributed by atoms with Gasteiger partial charge in [-0.2, -0.15) is 0 Å². The molecule has 0 atom stereocenters. The highest BCUT2D eigenvalue weighted by atomic mass is 16.3. The van der Waals surface area contributed by atoms with Crippen LogP contribution in [0.4, 0.5) is 0 Å². The van der Waals surface area contributed by atoms with Crippen molar-refractivity contribution in [3.8, 4) is 0 Å². The standard InChI is InChI=1S/C12H19NO2/c1-3-7-13(8-6-11(2)14)10-12-5-4-9-15-12/h4-5,9H,3,6-8,10H2,1-2H3. The average molecular weight is 209 g/mol. The minimum atomic E-state index is 0.246. The average Bonchev–Trinajstić information content (AvgIpc) is 2.67. The van der Waals surface area contributed by atoms with Crippen molar-refractivity contribution in [1.29, 1.82) is 0 Å². The normalized spacial score (nSPS) is 10.9. The van der Waals surface area contributed by atoms with Gasteiger partial charge in [-0.3, -0.25) is 9.69 Å². The zero-order chi connectivity index (χ0) is 11.1. The van der Waals surface area contributed by atoms with Crippen LogP contribution in [-0.2, 0) is 11.3 Å². The van der Waals surface area contributed by atoms with Crippen LogP contribution < -0.4 is 0 Å².